The summed E-state index contributed by atoms with van der Waals surface area (Å²) in [6.07, 6.45) is 3.91. The minimum absolute atomic E-state index is 0.0469. The van der Waals surface area contributed by atoms with Crippen molar-refractivity contribution in [3.05, 3.63) is 85.3 Å². The maximum Gasteiger partial charge on any atom is 0.331 e. The fraction of sp³-hybridized carbons (Fsp3) is 0.364. The van der Waals surface area contributed by atoms with Crippen LogP contribution in [0.5, 0.6) is 0 Å². The van der Waals surface area contributed by atoms with E-state index in [9.17, 15) is 14.4 Å². The Balaban J connectivity index is 1.51. The molecule has 2 aromatic heterocycles. The molecule has 0 radical (unpaired) electrons. The Morgan fingerprint density at radius 3 is 2.81 bits per heavy atom. The standard InChI is InChI=1S/C22H23ClN4O4/c1-25-18(11-19(28)26(2)22(25)30)21(29)27-8-4-6-15(13-27)20-24-12-17(31-20)10-14-5-3-7-16(23)9-14/h3,5,7,9,11-12,15H,4,6,8,10,13H2,1-2H3/t15-/m0/s1. The predicted molar refractivity (Wildman–Crippen MR) is 116 cm³/mol. The second-order valence-electron chi connectivity index (χ2n) is 7.83. The van der Waals surface area contributed by atoms with Crippen molar-refractivity contribution in [1.82, 2.24) is 19.0 Å². The molecule has 31 heavy (non-hydrogen) atoms. The lowest BCUT2D eigenvalue weighted by Crippen LogP contribution is -2.44. The molecule has 1 aliphatic heterocycles. The summed E-state index contributed by atoms with van der Waals surface area (Å²) >= 11 is 6.05. The number of hydrogen-bond donors (Lipinski definition) is 0. The molecule has 1 aliphatic rings. The van der Waals surface area contributed by atoms with Gasteiger partial charge in [-0.2, -0.15) is 0 Å². The van der Waals surface area contributed by atoms with E-state index in [1.54, 1.807) is 11.1 Å². The predicted octanol–water partition coefficient (Wildman–Crippen LogP) is 2.34. The number of amides is 1. The third-order valence-corrected chi connectivity index (χ3v) is 5.88. The summed E-state index contributed by atoms with van der Waals surface area (Å²) in [5, 5.41) is 0.670. The Hall–Kier alpha value is -3.13. The van der Waals surface area contributed by atoms with Crippen LogP contribution in [0.4, 0.5) is 0 Å². The van der Waals surface area contributed by atoms with E-state index in [1.807, 2.05) is 24.3 Å². The highest BCUT2D eigenvalue weighted by molar-refractivity contribution is 6.30. The molecule has 1 atom stereocenters. The van der Waals surface area contributed by atoms with Crippen LogP contribution in [0.3, 0.4) is 0 Å². The number of carbonyl (C=O) groups excluding carboxylic acids is 1. The van der Waals surface area contributed by atoms with Crippen LogP contribution in [0, 0.1) is 0 Å². The van der Waals surface area contributed by atoms with Gasteiger partial charge < -0.3 is 9.32 Å². The highest BCUT2D eigenvalue weighted by atomic mass is 35.5. The van der Waals surface area contributed by atoms with Crippen LogP contribution in [0.15, 0.2) is 50.5 Å². The van der Waals surface area contributed by atoms with Gasteiger partial charge in [-0.15, -0.1) is 0 Å². The van der Waals surface area contributed by atoms with E-state index in [-0.39, 0.29) is 17.5 Å². The average molecular weight is 443 g/mol. The molecule has 9 heteroatoms. The molecule has 3 heterocycles. The Labute approximate surface area is 183 Å². The number of oxazole rings is 1. The van der Waals surface area contributed by atoms with Gasteiger partial charge in [-0.05, 0) is 30.5 Å². The molecular weight excluding hydrogens is 420 g/mol. The minimum Gasteiger partial charge on any atom is -0.445 e. The molecule has 0 unspecified atom stereocenters. The first kappa shape index (κ1) is 21.1. The first-order valence-corrected chi connectivity index (χ1v) is 10.5. The molecule has 1 aromatic carbocycles. The van der Waals surface area contributed by atoms with Crippen molar-refractivity contribution in [2.75, 3.05) is 13.1 Å². The quantitative estimate of drug-likeness (QED) is 0.618. The molecule has 0 saturated carbocycles. The Bertz CT molecular complexity index is 1240. The lowest BCUT2D eigenvalue weighted by Gasteiger charge is -2.31. The summed E-state index contributed by atoms with van der Waals surface area (Å²) in [4.78, 5) is 43.3. The van der Waals surface area contributed by atoms with Gasteiger partial charge in [-0.3, -0.25) is 18.7 Å². The van der Waals surface area contributed by atoms with Crippen molar-refractivity contribution in [2.45, 2.75) is 25.2 Å². The zero-order valence-corrected chi connectivity index (χ0v) is 18.1. The number of aromatic nitrogens is 3. The van der Waals surface area contributed by atoms with Crippen molar-refractivity contribution in [2.24, 2.45) is 14.1 Å². The largest absolute Gasteiger partial charge is 0.445 e. The lowest BCUT2D eigenvalue weighted by atomic mass is 9.97. The maximum atomic E-state index is 13.0. The summed E-state index contributed by atoms with van der Waals surface area (Å²) < 4.78 is 8.16. The minimum atomic E-state index is -0.525. The number of piperidine rings is 1. The maximum absolute atomic E-state index is 13.0. The normalized spacial score (nSPS) is 16.5. The lowest BCUT2D eigenvalue weighted by molar-refractivity contribution is 0.0685. The number of likely N-dealkylation sites (tertiary alicyclic amines) is 1. The monoisotopic (exact) mass is 442 g/mol. The molecule has 4 rings (SSSR count). The van der Waals surface area contributed by atoms with Gasteiger partial charge in [0, 0.05) is 44.7 Å². The number of hydrogen-bond acceptors (Lipinski definition) is 5. The van der Waals surface area contributed by atoms with E-state index < -0.39 is 11.2 Å². The van der Waals surface area contributed by atoms with Crippen molar-refractivity contribution in [3.8, 4) is 0 Å². The molecule has 1 saturated heterocycles. The zero-order valence-electron chi connectivity index (χ0n) is 17.4. The van der Waals surface area contributed by atoms with E-state index in [0.717, 1.165) is 28.7 Å². The number of carbonyl (C=O) groups is 1. The van der Waals surface area contributed by atoms with Gasteiger partial charge in [0.25, 0.3) is 11.5 Å². The number of rotatable bonds is 4. The van der Waals surface area contributed by atoms with Crippen molar-refractivity contribution in [1.29, 1.82) is 0 Å². The Morgan fingerprint density at radius 2 is 2.03 bits per heavy atom. The highest BCUT2D eigenvalue weighted by Gasteiger charge is 2.29. The van der Waals surface area contributed by atoms with E-state index in [1.165, 1.54) is 24.7 Å². The van der Waals surface area contributed by atoms with E-state index in [2.05, 4.69) is 4.98 Å². The van der Waals surface area contributed by atoms with Crippen LogP contribution in [-0.4, -0.2) is 38.0 Å². The third-order valence-electron chi connectivity index (χ3n) is 5.64. The van der Waals surface area contributed by atoms with Crippen molar-refractivity contribution < 1.29 is 9.21 Å². The topological polar surface area (TPSA) is 90.3 Å². The molecule has 0 bridgehead atoms. The molecule has 162 valence electrons. The smallest absolute Gasteiger partial charge is 0.331 e. The zero-order chi connectivity index (χ0) is 22.1. The molecule has 0 spiro atoms. The summed E-state index contributed by atoms with van der Waals surface area (Å²) in [6, 6.07) is 8.79. The highest BCUT2D eigenvalue weighted by Crippen LogP contribution is 2.28. The van der Waals surface area contributed by atoms with Gasteiger partial charge in [0.15, 0.2) is 5.89 Å². The first-order chi connectivity index (χ1) is 14.8. The Kier molecular flexibility index (Phi) is 5.82. The van der Waals surface area contributed by atoms with Gasteiger partial charge in [0.05, 0.1) is 12.1 Å². The van der Waals surface area contributed by atoms with Crippen molar-refractivity contribution >= 4 is 17.5 Å². The second kappa shape index (κ2) is 8.55. The number of nitrogens with zero attached hydrogens (tertiary/aromatic N) is 4. The van der Waals surface area contributed by atoms with E-state index >= 15 is 0 Å². The summed E-state index contributed by atoms with van der Waals surface area (Å²) in [5.74, 6) is 0.934. The second-order valence-corrected chi connectivity index (χ2v) is 8.27. The summed E-state index contributed by atoms with van der Waals surface area (Å²) in [7, 11) is 2.88. The number of halogens is 1. The molecule has 1 amide bonds. The Morgan fingerprint density at radius 1 is 1.23 bits per heavy atom. The molecule has 0 N–H and O–H groups in total. The van der Waals surface area contributed by atoms with Gasteiger partial charge in [0.1, 0.15) is 11.5 Å². The van der Waals surface area contributed by atoms with Gasteiger partial charge in [-0.1, -0.05) is 23.7 Å². The van der Waals surface area contributed by atoms with Crippen LogP contribution in [-0.2, 0) is 20.5 Å². The molecule has 1 fully saturated rings. The number of benzene rings is 1. The molecular formula is C22H23ClN4O4. The first-order valence-electron chi connectivity index (χ1n) is 10.1. The molecule has 0 aliphatic carbocycles. The molecule has 3 aromatic rings. The summed E-state index contributed by atoms with van der Waals surface area (Å²) in [6.45, 7) is 0.966. The van der Waals surface area contributed by atoms with Crippen LogP contribution in [0.1, 0.15) is 46.5 Å². The van der Waals surface area contributed by atoms with Gasteiger partial charge in [0.2, 0.25) is 0 Å². The molecule has 8 nitrogen and oxygen atoms in total. The van der Waals surface area contributed by atoms with Crippen LogP contribution in [0.25, 0.3) is 0 Å². The fourth-order valence-corrected chi connectivity index (χ4v) is 4.12. The van der Waals surface area contributed by atoms with Crippen LogP contribution >= 0.6 is 11.6 Å². The van der Waals surface area contributed by atoms with E-state index in [0.29, 0.717) is 30.4 Å². The van der Waals surface area contributed by atoms with Gasteiger partial charge >= 0.3 is 5.69 Å². The fourth-order valence-electron chi connectivity index (χ4n) is 3.90. The SMILES string of the molecule is Cn1c(C(=O)N2CCC[C@H](c3ncc(Cc4cccc(Cl)c4)o3)C2)cc(=O)n(C)c1=O. The van der Waals surface area contributed by atoms with Crippen LogP contribution < -0.4 is 11.2 Å². The van der Waals surface area contributed by atoms with E-state index in [4.69, 9.17) is 16.0 Å². The van der Waals surface area contributed by atoms with Crippen molar-refractivity contribution in [3.63, 3.8) is 0 Å². The average Bonchev–Trinajstić information content (AvgIpc) is 3.23. The van der Waals surface area contributed by atoms with Gasteiger partial charge in [-0.25, -0.2) is 9.78 Å². The van der Waals surface area contributed by atoms with Crippen LogP contribution in [0.2, 0.25) is 5.02 Å². The summed E-state index contributed by atoms with van der Waals surface area (Å²) in [5.41, 5.74) is 0.0890. The third kappa shape index (κ3) is 4.34.